The molecule has 1 fully saturated rings. The molecule has 0 amide bonds. The molecular weight excluding hydrogens is 238 g/mol. The van der Waals surface area contributed by atoms with Crippen molar-refractivity contribution >= 4 is 14.5 Å². The van der Waals surface area contributed by atoms with Gasteiger partial charge in [0.25, 0.3) is 0 Å². The number of nitrogens with one attached hydrogen (secondary N) is 2. The quantitative estimate of drug-likeness (QED) is 0.776. The van der Waals surface area contributed by atoms with Gasteiger partial charge in [-0.2, -0.15) is 0 Å². The predicted octanol–water partition coefficient (Wildman–Crippen LogP) is 0.656. The van der Waals surface area contributed by atoms with E-state index in [1.807, 2.05) is 6.07 Å². The van der Waals surface area contributed by atoms with Gasteiger partial charge in [-0.05, 0) is 12.5 Å². The van der Waals surface area contributed by atoms with Crippen LogP contribution in [0.1, 0.15) is 6.42 Å². The van der Waals surface area contributed by atoms with Crippen molar-refractivity contribution in [2.24, 2.45) is 0 Å². The van der Waals surface area contributed by atoms with Gasteiger partial charge in [-0.25, -0.2) is 4.39 Å². The number of hydrogen-bond donors (Lipinski definition) is 2. The SMILES string of the molecule is Fc1cccc(P)c1OCCC1CNCCN1. The van der Waals surface area contributed by atoms with E-state index in [2.05, 4.69) is 19.9 Å². The van der Waals surface area contributed by atoms with Crippen LogP contribution in [0.4, 0.5) is 4.39 Å². The van der Waals surface area contributed by atoms with Crippen LogP contribution in [0.2, 0.25) is 0 Å². The molecule has 2 N–H and O–H groups in total. The number of hydrogen-bond acceptors (Lipinski definition) is 3. The summed E-state index contributed by atoms with van der Waals surface area (Å²) in [5.74, 6) is 0.0495. The average Bonchev–Trinajstić information content (AvgIpc) is 2.34. The van der Waals surface area contributed by atoms with Crippen LogP contribution in [0.3, 0.4) is 0 Å². The maximum atomic E-state index is 13.4. The number of ether oxygens (including phenoxy) is 1. The van der Waals surface area contributed by atoms with Crippen molar-refractivity contribution in [3.05, 3.63) is 24.0 Å². The van der Waals surface area contributed by atoms with Crippen LogP contribution in [-0.2, 0) is 0 Å². The fraction of sp³-hybridized carbons (Fsp3) is 0.500. The normalized spacial score (nSPS) is 20.2. The van der Waals surface area contributed by atoms with Gasteiger partial charge in [-0.15, -0.1) is 9.24 Å². The Kier molecular flexibility index (Phi) is 4.72. The summed E-state index contributed by atoms with van der Waals surface area (Å²) in [6, 6.07) is 5.34. The molecule has 0 saturated carbocycles. The van der Waals surface area contributed by atoms with E-state index in [9.17, 15) is 4.39 Å². The van der Waals surface area contributed by atoms with Crippen LogP contribution < -0.4 is 20.7 Å². The van der Waals surface area contributed by atoms with E-state index in [4.69, 9.17) is 4.74 Å². The second kappa shape index (κ2) is 6.29. The van der Waals surface area contributed by atoms with E-state index < -0.39 is 0 Å². The molecule has 1 aromatic carbocycles. The zero-order valence-corrected chi connectivity index (χ0v) is 10.9. The van der Waals surface area contributed by atoms with Crippen molar-refractivity contribution < 1.29 is 9.13 Å². The Morgan fingerprint density at radius 3 is 3.00 bits per heavy atom. The molecule has 17 heavy (non-hydrogen) atoms. The van der Waals surface area contributed by atoms with Gasteiger partial charge >= 0.3 is 0 Å². The first-order valence-corrected chi connectivity index (χ1v) is 6.46. The Labute approximate surface area is 103 Å². The summed E-state index contributed by atoms with van der Waals surface area (Å²) in [5, 5.41) is 7.47. The van der Waals surface area contributed by atoms with E-state index >= 15 is 0 Å². The van der Waals surface area contributed by atoms with Gasteiger partial charge < -0.3 is 15.4 Å². The maximum Gasteiger partial charge on any atom is 0.165 e. The van der Waals surface area contributed by atoms with Crippen LogP contribution in [-0.4, -0.2) is 32.3 Å². The summed E-state index contributed by atoms with van der Waals surface area (Å²) in [6.45, 7) is 3.48. The van der Waals surface area contributed by atoms with E-state index in [1.165, 1.54) is 6.07 Å². The summed E-state index contributed by atoms with van der Waals surface area (Å²) < 4.78 is 19.0. The highest BCUT2D eigenvalue weighted by atomic mass is 31.0. The largest absolute Gasteiger partial charge is 0.490 e. The fourth-order valence-corrected chi connectivity index (χ4v) is 2.23. The number of benzene rings is 1. The third-order valence-corrected chi connectivity index (χ3v) is 3.29. The highest BCUT2D eigenvalue weighted by molar-refractivity contribution is 7.27. The molecule has 1 heterocycles. The van der Waals surface area contributed by atoms with Gasteiger partial charge in [-0.1, -0.05) is 12.1 Å². The first kappa shape index (κ1) is 12.7. The standard InChI is InChI=1S/C12H18FN2OP/c13-10-2-1-3-11(17)12(10)16-7-4-9-8-14-5-6-15-9/h1-3,9,14-15H,4-8,17H2. The lowest BCUT2D eigenvalue weighted by Gasteiger charge is -2.24. The van der Waals surface area contributed by atoms with Crippen LogP contribution in [0, 0.1) is 5.82 Å². The van der Waals surface area contributed by atoms with Crippen LogP contribution in [0.15, 0.2) is 18.2 Å². The topological polar surface area (TPSA) is 33.3 Å². The maximum absolute atomic E-state index is 13.4. The van der Waals surface area contributed by atoms with Gasteiger partial charge in [0.15, 0.2) is 11.6 Å². The minimum atomic E-state index is -0.299. The van der Waals surface area contributed by atoms with Gasteiger partial charge in [-0.3, -0.25) is 0 Å². The molecule has 1 aliphatic rings. The number of piperazine rings is 1. The zero-order valence-electron chi connectivity index (χ0n) is 9.71. The molecule has 2 atom stereocenters. The molecule has 0 aromatic heterocycles. The van der Waals surface area contributed by atoms with Gasteiger partial charge in [0, 0.05) is 31.0 Å². The number of para-hydroxylation sites is 1. The third kappa shape index (κ3) is 3.63. The average molecular weight is 256 g/mol. The van der Waals surface area contributed by atoms with Crippen LogP contribution in [0.5, 0.6) is 5.75 Å². The molecule has 0 radical (unpaired) electrons. The highest BCUT2D eigenvalue weighted by Gasteiger charge is 2.12. The van der Waals surface area contributed by atoms with Gasteiger partial charge in [0.2, 0.25) is 0 Å². The summed E-state index contributed by atoms with van der Waals surface area (Å²) in [6.07, 6.45) is 0.880. The minimum Gasteiger partial charge on any atom is -0.490 e. The van der Waals surface area contributed by atoms with Crippen LogP contribution in [0.25, 0.3) is 0 Å². The molecule has 2 unspecified atom stereocenters. The molecule has 3 nitrogen and oxygen atoms in total. The molecule has 1 saturated heterocycles. The molecule has 0 bridgehead atoms. The Morgan fingerprint density at radius 2 is 2.29 bits per heavy atom. The molecule has 1 aromatic rings. The molecular formula is C12H18FN2OP. The second-order valence-corrected chi connectivity index (χ2v) is 4.77. The number of halogens is 1. The fourth-order valence-electron chi connectivity index (χ4n) is 1.90. The van der Waals surface area contributed by atoms with E-state index in [0.29, 0.717) is 18.4 Å². The summed E-state index contributed by atoms with van der Waals surface area (Å²) in [4.78, 5) is 0. The Hall–Kier alpha value is -0.700. The Bertz CT molecular complexity index is 349. The summed E-state index contributed by atoms with van der Waals surface area (Å²) in [5.41, 5.74) is 0. The Morgan fingerprint density at radius 1 is 1.41 bits per heavy atom. The van der Waals surface area contributed by atoms with Crippen molar-refractivity contribution in [1.29, 1.82) is 0 Å². The lowest BCUT2D eigenvalue weighted by molar-refractivity contribution is 0.266. The predicted molar refractivity (Wildman–Crippen MR) is 70.5 cm³/mol. The first-order chi connectivity index (χ1) is 8.27. The van der Waals surface area contributed by atoms with Crippen LogP contribution >= 0.6 is 9.24 Å². The van der Waals surface area contributed by atoms with Crippen molar-refractivity contribution in [3.8, 4) is 5.75 Å². The Balaban J connectivity index is 1.81. The molecule has 2 rings (SSSR count). The van der Waals surface area contributed by atoms with Crippen molar-refractivity contribution in [3.63, 3.8) is 0 Å². The van der Waals surface area contributed by atoms with E-state index in [0.717, 1.165) is 31.4 Å². The lowest BCUT2D eigenvalue weighted by atomic mass is 10.2. The summed E-state index contributed by atoms with van der Waals surface area (Å²) >= 11 is 0. The molecule has 94 valence electrons. The first-order valence-electron chi connectivity index (χ1n) is 5.88. The molecule has 0 spiro atoms. The molecule has 1 aliphatic heterocycles. The smallest absolute Gasteiger partial charge is 0.165 e. The van der Waals surface area contributed by atoms with Crippen molar-refractivity contribution in [2.75, 3.05) is 26.2 Å². The molecule has 5 heteroatoms. The van der Waals surface area contributed by atoms with Gasteiger partial charge in [0.1, 0.15) is 0 Å². The van der Waals surface area contributed by atoms with E-state index in [-0.39, 0.29) is 5.82 Å². The number of rotatable bonds is 4. The van der Waals surface area contributed by atoms with Crippen molar-refractivity contribution in [2.45, 2.75) is 12.5 Å². The zero-order chi connectivity index (χ0) is 12.1. The van der Waals surface area contributed by atoms with Gasteiger partial charge in [0.05, 0.1) is 6.61 Å². The highest BCUT2D eigenvalue weighted by Crippen LogP contribution is 2.16. The monoisotopic (exact) mass is 256 g/mol. The minimum absolute atomic E-state index is 0.299. The summed E-state index contributed by atoms with van der Waals surface area (Å²) in [7, 11) is 2.49. The molecule has 0 aliphatic carbocycles. The second-order valence-electron chi connectivity index (χ2n) is 4.15. The third-order valence-electron chi connectivity index (χ3n) is 2.84. The lowest BCUT2D eigenvalue weighted by Crippen LogP contribution is -2.48. The van der Waals surface area contributed by atoms with E-state index in [1.54, 1.807) is 6.07 Å². The van der Waals surface area contributed by atoms with Crippen molar-refractivity contribution in [1.82, 2.24) is 10.6 Å².